The molecule has 4 aromatic heterocycles. The molecule has 416 valence electrons. The highest BCUT2D eigenvalue weighted by atomic mass is 35.5. The third kappa shape index (κ3) is 17.1. The molecule has 2 atom stereocenters. The van der Waals surface area contributed by atoms with E-state index in [2.05, 4.69) is 24.8 Å². The van der Waals surface area contributed by atoms with Crippen LogP contribution < -0.4 is 20.5 Å². The van der Waals surface area contributed by atoms with Gasteiger partial charge in [-0.3, -0.25) is 19.0 Å². The lowest BCUT2D eigenvalue weighted by molar-refractivity contribution is 0.0600. The van der Waals surface area contributed by atoms with Crippen LogP contribution in [0, 0.1) is 13.8 Å². The molecule has 2 aliphatic heterocycles. The highest BCUT2D eigenvalue weighted by Gasteiger charge is 2.34. The number of aryl methyl sites for hydroxylation is 2. The summed E-state index contributed by atoms with van der Waals surface area (Å²) < 4.78 is 55.6. The van der Waals surface area contributed by atoms with E-state index in [0.29, 0.717) is 51.9 Å². The van der Waals surface area contributed by atoms with Crippen molar-refractivity contribution in [2.75, 3.05) is 66.7 Å². The van der Waals surface area contributed by atoms with E-state index in [-0.39, 0.29) is 60.4 Å². The molecule has 6 heterocycles. The average molecular weight is 1150 g/mol. The number of unbranched alkanes of at least 4 members (excludes halogenated alkanes) is 4. The Morgan fingerprint density at radius 3 is 1.58 bits per heavy atom. The fourth-order valence-electron chi connectivity index (χ4n) is 8.83. The topological polar surface area (TPSA) is 272 Å². The molecular formula is C51H71Cl3N12O8S2. The van der Waals surface area contributed by atoms with Crippen LogP contribution in [0.5, 0.6) is 0 Å². The molecule has 2 aliphatic rings. The first kappa shape index (κ1) is 61.5. The number of nitrogens with one attached hydrogen (secondary N) is 3. The van der Waals surface area contributed by atoms with Gasteiger partial charge in [-0.05, 0) is 134 Å². The lowest BCUT2D eigenvalue weighted by Gasteiger charge is -2.35. The number of carbonyl (C=O) groups excluding carboxylic acids is 2. The van der Waals surface area contributed by atoms with Gasteiger partial charge >= 0.3 is 0 Å². The van der Waals surface area contributed by atoms with Gasteiger partial charge in [0.15, 0.2) is 11.3 Å². The molecule has 0 radical (unpaired) electrons. The Labute approximate surface area is 460 Å². The summed E-state index contributed by atoms with van der Waals surface area (Å²) >= 11 is 18.4. The van der Waals surface area contributed by atoms with Crippen molar-refractivity contribution < 1.29 is 36.6 Å². The number of hydrogen-bond donors (Lipinski definition) is 6. The van der Waals surface area contributed by atoms with Crippen LogP contribution in [-0.2, 0) is 20.0 Å². The zero-order chi connectivity index (χ0) is 54.5. The van der Waals surface area contributed by atoms with E-state index in [1.54, 1.807) is 37.2 Å². The van der Waals surface area contributed by atoms with E-state index in [9.17, 15) is 26.4 Å². The SMILES string of the molecule is C.Cc1cn2nc([C@@H]3CCCCN3C(=O)c3cc(Cl)ccc3NS(C)(=O)=O)cc2nc1Cl.Cc1cn2nc([C@@H]3CCCCN3C(=O)c3cc(Cl)ccc3NS(C)(=O)=O)cc2nc1NCCCCCO.NCCCCCO. The van der Waals surface area contributed by atoms with Crippen molar-refractivity contribution in [1.82, 2.24) is 39.0 Å². The molecule has 8 rings (SSSR count). The molecule has 2 aromatic carbocycles. The number of nitrogens with two attached hydrogens (primary N) is 1. The molecule has 0 unspecified atom stereocenters. The molecule has 7 N–H and O–H groups in total. The Morgan fingerprint density at radius 2 is 1.12 bits per heavy atom. The minimum atomic E-state index is -3.58. The summed E-state index contributed by atoms with van der Waals surface area (Å²) in [4.78, 5) is 39.8. The van der Waals surface area contributed by atoms with Crippen LogP contribution in [0.3, 0.4) is 0 Å². The number of hydrogen-bond acceptors (Lipinski definition) is 14. The second-order valence-corrected chi connectivity index (χ2v) is 23.4. The average Bonchev–Trinajstić information content (AvgIpc) is 3.98. The van der Waals surface area contributed by atoms with Gasteiger partial charge in [-0.15, -0.1) is 0 Å². The van der Waals surface area contributed by atoms with Crippen LogP contribution in [-0.4, -0.2) is 130 Å². The number of piperidine rings is 2. The van der Waals surface area contributed by atoms with Gasteiger partial charge < -0.3 is 31.1 Å². The lowest BCUT2D eigenvalue weighted by Crippen LogP contribution is -2.39. The van der Waals surface area contributed by atoms with Crippen molar-refractivity contribution in [3.63, 3.8) is 0 Å². The smallest absolute Gasteiger partial charge is 0.256 e. The maximum Gasteiger partial charge on any atom is 0.256 e. The van der Waals surface area contributed by atoms with Crippen molar-refractivity contribution in [2.45, 2.75) is 110 Å². The number of halogens is 3. The number of benzene rings is 2. The summed E-state index contributed by atoms with van der Waals surface area (Å²) in [5, 5.41) is 31.0. The highest BCUT2D eigenvalue weighted by molar-refractivity contribution is 7.92. The second-order valence-electron chi connectivity index (χ2n) is 18.7. The van der Waals surface area contributed by atoms with Gasteiger partial charge in [0.2, 0.25) is 20.0 Å². The summed E-state index contributed by atoms with van der Waals surface area (Å²) in [5.74, 6) is 0.178. The molecule has 2 amide bonds. The summed E-state index contributed by atoms with van der Waals surface area (Å²) in [5.41, 5.74) is 10.5. The third-order valence-electron chi connectivity index (χ3n) is 12.5. The maximum absolute atomic E-state index is 13.7. The van der Waals surface area contributed by atoms with E-state index in [4.69, 9.17) is 60.8 Å². The number of sulfonamides is 2. The predicted molar refractivity (Wildman–Crippen MR) is 302 cm³/mol. The molecule has 2 saturated heterocycles. The standard InChI is InChI=1S/C25H33ClN6O4S.C20H21Cl2N5O3S.C5H13NO.CH4/c1-17-16-32-23(28-24(17)27-11-5-3-7-13-33)15-21(29-32)22-8-4-6-12-31(22)25(34)19-14-18(26)9-10-20(19)30-37(2,35)36;1-12-11-27-18(23-19(12)22)10-16(24-27)17-5-3-4-8-26(17)20(28)14-9-13(21)6-7-15(14)25-31(2,29)30;6-4-2-1-3-5-7;/h9-10,14-16,22,30,33H,3-8,11-13H2,1-2H3,(H,27,28);6-7,9-11,17,25H,3-5,8H2,1-2H3;7H,1-6H2;1H4/t22-;17-;;/m00../s1. The number of aliphatic hydroxyl groups is 2. The van der Waals surface area contributed by atoms with E-state index >= 15 is 0 Å². The van der Waals surface area contributed by atoms with Gasteiger partial charge in [-0.2, -0.15) is 10.2 Å². The normalized spacial score (nSPS) is 15.8. The molecule has 0 bridgehead atoms. The number of anilines is 3. The van der Waals surface area contributed by atoms with Gasteiger partial charge in [0.25, 0.3) is 11.8 Å². The monoisotopic (exact) mass is 1150 g/mol. The largest absolute Gasteiger partial charge is 0.396 e. The summed E-state index contributed by atoms with van der Waals surface area (Å²) in [6, 6.07) is 12.3. The summed E-state index contributed by atoms with van der Waals surface area (Å²) in [7, 11) is -7.15. The van der Waals surface area contributed by atoms with E-state index in [0.717, 1.165) is 125 Å². The van der Waals surface area contributed by atoms with Crippen LogP contribution in [0.25, 0.3) is 11.3 Å². The van der Waals surface area contributed by atoms with Crippen LogP contribution in [0.1, 0.15) is 140 Å². The Hall–Kier alpha value is -5.33. The minimum absolute atomic E-state index is 0. The zero-order valence-corrected chi connectivity index (χ0v) is 46.5. The number of carbonyl (C=O) groups is 2. The summed E-state index contributed by atoms with van der Waals surface area (Å²) in [6.07, 6.45) is 16.5. The zero-order valence-electron chi connectivity index (χ0n) is 42.6. The molecule has 20 nitrogen and oxygen atoms in total. The van der Waals surface area contributed by atoms with Crippen LogP contribution in [0.15, 0.2) is 60.9 Å². The summed E-state index contributed by atoms with van der Waals surface area (Å²) in [6.45, 7) is 6.89. The number of aliphatic hydroxyl groups excluding tert-OH is 2. The Bertz CT molecular complexity index is 3120. The number of aromatic nitrogens is 6. The molecule has 0 spiro atoms. The third-order valence-corrected chi connectivity index (χ3v) is 14.5. The van der Waals surface area contributed by atoms with Crippen molar-refractivity contribution >= 4 is 95.2 Å². The molecule has 25 heteroatoms. The van der Waals surface area contributed by atoms with Crippen molar-refractivity contribution in [2.24, 2.45) is 5.73 Å². The van der Waals surface area contributed by atoms with Crippen LogP contribution in [0.4, 0.5) is 17.2 Å². The first-order valence-corrected chi connectivity index (χ1v) is 29.8. The van der Waals surface area contributed by atoms with E-state index in [1.807, 2.05) is 32.2 Å². The highest BCUT2D eigenvalue weighted by Crippen LogP contribution is 2.36. The van der Waals surface area contributed by atoms with Crippen molar-refractivity contribution in [1.29, 1.82) is 0 Å². The Morgan fingerprint density at radius 1 is 0.658 bits per heavy atom. The predicted octanol–water partition coefficient (Wildman–Crippen LogP) is 8.83. The van der Waals surface area contributed by atoms with Crippen molar-refractivity contribution in [3.05, 3.63) is 110 Å². The minimum Gasteiger partial charge on any atom is -0.396 e. The van der Waals surface area contributed by atoms with Gasteiger partial charge in [0.1, 0.15) is 11.0 Å². The maximum atomic E-state index is 13.7. The molecule has 0 aliphatic carbocycles. The van der Waals surface area contributed by atoms with Gasteiger partial charge in [-0.1, -0.05) is 42.2 Å². The molecule has 76 heavy (non-hydrogen) atoms. The first-order chi connectivity index (χ1) is 35.7. The van der Waals surface area contributed by atoms with Crippen molar-refractivity contribution in [3.8, 4) is 0 Å². The van der Waals surface area contributed by atoms with Crippen LogP contribution in [0.2, 0.25) is 15.2 Å². The fourth-order valence-corrected chi connectivity index (χ4v) is 10.5. The number of rotatable bonds is 18. The van der Waals surface area contributed by atoms with Gasteiger partial charge in [-0.25, -0.2) is 35.8 Å². The second kappa shape index (κ2) is 28.3. The molecule has 2 fully saturated rings. The molecular weight excluding hydrogens is 1080 g/mol. The Kier molecular flexibility index (Phi) is 22.9. The number of amides is 2. The first-order valence-electron chi connectivity index (χ1n) is 24.9. The number of fused-ring (bicyclic) bond motifs is 2. The lowest BCUT2D eigenvalue weighted by atomic mass is 9.98. The number of nitrogens with zero attached hydrogens (tertiary/aromatic N) is 8. The van der Waals surface area contributed by atoms with E-state index in [1.165, 1.54) is 24.3 Å². The van der Waals surface area contributed by atoms with Gasteiger partial charge in [0.05, 0.1) is 58.5 Å². The van der Waals surface area contributed by atoms with E-state index < -0.39 is 20.0 Å². The molecule has 6 aromatic rings. The quantitative estimate of drug-likeness (QED) is 0.0347. The van der Waals surface area contributed by atoms with Gasteiger partial charge in [0, 0.05) is 78.5 Å². The Balaban J connectivity index is 0.000000249. The fraction of sp³-hybridized carbons (Fsp3) is 0.490. The van der Waals surface area contributed by atoms with Crippen LogP contribution >= 0.6 is 34.8 Å². The molecule has 0 saturated carbocycles. The number of likely N-dealkylation sites (tertiary alicyclic amines) is 2.